The van der Waals surface area contributed by atoms with Crippen LogP contribution in [-0.2, 0) is 70.4 Å². The minimum atomic E-state index is -1.73. The number of hydrogen-bond donors (Lipinski definition) is 19. The standard InChI is InChI=1S/C72H125N19O14/c1-13-42(9)56(89-62(95)50(29-24-32-79-72(76)77)82-63(96)53(35-46-25-18-17-19-26-46)86-68(101)58(44(11)15-3)91-70(103)59(45(12)16-4)88-60(93)48(75)33-40(5)6)67(100)85-52(34-41(7)8)65(98)90-57(43(10)14-2)69(102)87-55(38-92)66(99)84-54(36-47-37-78-39-80-47)64(97)81-49(27-20-22-30-73)61(94)83-51(71(104)105)28-21-23-31-74/h17-19,25-26,37,39-45,48-59,92H,13-16,20-24,27-36,38,73-75H2,1-12H3,(H,78,80)(H,81,97)(H,82,96)(H,83,94)(H,84,99)(H,85,100)(H,86,101)(H,87,102)(H,88,93)(H,89,95)(H,90,98)(H,91,103)(H,104,105)(H4,76,77,79)/t42-,43-,44-,45-,48-,49-,50-,51-,52-,53-,54-,55-,56-,57-,58-,59-/m0/s1. The minimum Gasteiger partial charge on any atom is -0.480 e. The van der Waals surface area contributed by atoms with E-state index in [2.05, 4.69) is 73.4 Å². The van der Waals surface area contributed by atoms with Crippen LogP contribution in [0.1, 0.15) is 184 Å². The van der Waals surface area contributed by atoms with Crippen LogP contribution in [0, 0.1) is 35.5 Å². The van der Waals surface area contributed by atoms with E-state index in [-0.39, 0.29) is 81.7 Å². The zero-order chi connectivity index (χ0) is 79.0. The van der Waals surface area contributed by atoms with Crippen molar-refractivity contribution < 1.29 is 67.7 Å². The summed E-state index contributed by atoms with van der Waals surface area (Å²) >= 11 is 0. The summed E-state index contributed by atoms with van der Waals surface area (Å²) in [7, 11) is 0. The lowest BCUT2D eigenvalue weighted by Crippen LogP contribution is -2.62. The first kappa shape index (κ1) is 92.3. The molecule has 0 unspecified atom stereocenters. The van der Waals surface area contributed by atoms with E-state index in [4.69, 9.17) is 28.7 Å². The maximum absolute atomic E-state index is 14.9. The Balaban J connectivity index is 2.56. The third-order valence-corrected chi connectivity index (χ3v) is 18.6. The highest BCUT2D eigenvalue weighted by Crippen LogP contribution is 2.18. The fourth-order valence-electron chi connectivity index (χ4n) is 11.4. The van der Waals surface area contributed by atoms with Crippen LogP contribution in [0.4, 0.5) is 0 Å². The number of unbranched alkanes of at least 4 members (excludes halogenated alkanes) is 2. The second kappa shape index (κ2) is 49.1. The van der Waals surface area contributed by atoms with Crippen LogP contribution in [0.5, 0.6) is 0 Å². The Morgan fingerprint density at radius 2 is 0.810 bits per heavy atom. The van der Waals surface area contributed by atoms with E-state index >= 15 is 0 Å². The Kier molecular flexibility index (Phi) is 43.1. The monoisotopic (exact) mass is 1480 g/mol. The van der Waals surface area contributed by atoms with Crippen molar-refractivity contribution >= 4 is 76.9 Å². The number of aliphatic carboxylic acids is 1. The van der Waals surface area contributed by atoms with Crippen molar-refractivity contribution in [1.82, 2.24) is 68.5 Å². The zero-order valence-electron chi connectivity index (χ0n) is 63.7. The van der Waals surface area contributed by atoms with Crippen molar-refractivity contribution in [2.24, 2.45) is 69.2 Å². The predicted molar refractivity (Wildman–Crippen MR) is 399 cm³/mol. The average Bonchev–Trinajstić information content (AvgIpc) is 1.15. The van der Waals surface area contributed by atoms with Crippen molar-refractivity contribution in [2.45, 2.75) is 258 Å². The van der Waals surface area contributed by atoms with Crippen LogP contribution >= 0.6 is 0 Å². The number of nitrogens with one attached hydrogen (secondary N) is 12. The lowest BCUT2D eigenvalue weighted by atomic mass is 9.94. The number of aromatic amines is 1. The fourth-order valence-corrected chi connectivity index (χ4v) is 11.4. The highest BCUT2D eigenvalue weighted by molar-refractivity contribution is 5.99. The van der Waals surface area contributed by atoms with Gasteiger partial charge in [0.25, 0.3) is 0 Å². The molecule has 0 saturated heterocycles. The summed E-state index contributed by atoms with van der Waals surface area (Å²) in [6.07, 6.45) is 6.20. The highest BCUT2D eigenvalue weighted by Gasteiger charge is 2.40. The summed E-state index contributed by atoms with van der Waals surface area (Å²) in [4.78, 5) is 181. The Bertz CT molecular complexity index is 3070. The number of aliphatic imine (C=N–C) groups is 1. The van der Waals surface area contributed by atoms with E-state index in [0.29, 0.717) is 75.6 Å². The van der Waals surface area contributed by atoms with Gasteiger partial charge >= 0.3 is 5.97 Å². The molecular formula is C72H125N19O14. The van der Waals surface area contributed by atoms with Gasteiger partial charge in [0.15, 0.2) is 5.96 Å². The molecule has 2 rings (SSSR count). The molecule has 2 aromatic rings. The molecular weight excluding hydrogens is 1350 g/mol. The number of nitrogens with zero attached hydrogens (tertiary/aromatic N) is 2. The largest absolute Gasteiger partial charge is 0.480 e. The number of imidazole rings is 1. The molecule has 0 radical (unpaired) electrons. The van der Waals surface area contributed by atoms with Gasteiger partial charge in [-0.2, -0.15) is 0 Å². The van der Waals surface area contributed by atoms with Gasteiger partial charge in [0, 0.05) is 31.3 Å². The highest BCUT2D eigenvalue weighted by atomic mass is 16.4. The van der Waals surface area contributed by atoms with Crippen molar-refractivity contribution in [1.29, 1.82) is 0 Å². The molecule has 33 nitrogen and oxygen atoms in total. The normalized spacial score (nSPS) is 15.9. The van der Waals surface area contributed by atoms with Crippen LogP contribution in [-0.4, -0.2) is 196 Å². The summed E-state index contributed by atoms with van der Waals surface area (Å²) in [5.74, 6) is -12.6. The quantitative estimate of drug-likeness (QED) is 0.0226. The Morgan fingerprint density at radius 1 is 0.448 bits per heavy atom. The molecule has 0 aliphatic heterocycles. The van der Waals surface area contributed by atoms with E-state index in [0.717, 1.165) is 0 Å². The summed E-state index contributed by atoms with van der Waals surface area (Å²) in [5.41, 5.74) is 29.8. The molecule has 0 bridgehead atoms. The number of benzene rings is 1. The first-order valence-corrected chi connectivity index (χ1v) is 37.1. The summed E-state index contributed by atoms with van der Waals surface area (Å²) in [6, 6.07) is -7.05. The number of aromatic nitrogens is 2. The van der Waals surface area contributed by atoms with E-state index in [1.807, 2.05) is 27.7 Å². The molecule has 0 spiro atoms. The van der Waals surface area contributed by atoms with Crippen molar-refractivity contribution in [3.63, 3.8) is 0 Å². The summed E-state index contributed by atoms with van der Waals surface area (Å²) in [5, 5.41) is 50.4. The number of carbonyl (C=O) groups is 12. The van der Waals surface area contributed by atoms with E-state index < -0.39 is 168 Å². The topological polar surface area (TPSA) is 549 Å². The molecule has 0 aliphatic rings. The molecule has 1 aromatic heterocycles. The molecule has 0 fully saturated rings. The van der Waals surface area contributed by atoms with Gasteiger partial charge in [0.05, 0.1) is 19.0 Å². The zero-order valence-corrected chi connectivity index (χ0v) is 63.7. The number of guanidine groups is 1. The maximum Gasteiger partial charge on any atom is 0.326 e. The van der Waals surface area contributed by atoms with Gasteiger partial charge in [-0.25, -0.2) is 9.78 Å². The minimum absolute atomic E-state index is 0.0151. The summed E-state index contributed by atoms with van der Waals surface area (Å²) < 4.78 is 0. The van der Waals surface area contributed by atoms with Crippen LogP contribution in [0.25, 0.3) is 0 Å². The number of amides is 11. The van der Waals surface area contributed by atoms with Gasteiger partial charge in [-0.15, -0.1) is 0 Å². The number of nitrogens with two attached hydrogens (primary N) is 5. The van der Waals surface area contributed by atoms with Crippen LogP contribution in [0.15, 0.2) is 47.8 Å². The molecule has 11 amide bonds. The van der Waals surface area contributed by atoms with Crippen LogP contribution < -0.4 is 87.2 Å². The van der Waals surface area contributed by atoms with E-state index in [1.54, 1.807) is 85.7 Å². The van der Waals surface area contributed by atoms with Gasteiger partial charge in [-0.05, 0) is 118 Å². The second-order valence-corrected chi connectivity index (χ2v) is 28.3. The fraction of sp³-hybridized carbons (Fsp3) is 0.694. The lowest BCUT2D eigenvalue weighted by molar-refractivity contribution is -0.142. The van der Waals surface area contributed by atoms with Gasteiger partial charge < -0.3 is 102 Å². The number of H-pyrrole nitrogens is 1. The Morgan fingerprint density at radius 3 is 1.24 bits per heavy atom. The number of carboxylic acid groups (broad SMARTS) is 1. The second-order valence-electron chi connectivity index (χ2n) is 28.3. The molecule has 16 atom stereocenters. The lowest BCUT2D eigenvalue weighted by Gasteiger charge is -2.31. The first-order chi connectivity index (χ1) is 49.7. The molecule has 1 aromatic carbocycles. The van der Waals surface area contributed by atoms with Gasteiger partial charge in [0.1, 0.15) is 66.5 Å². The number of carboxylic acids is 1. The smallest absolute Gasteiger partial charge is 0.326 e. The molecule has 1 heterocycles. The van der Waals surface area contributed by atoms with Gasteiger partial charge in [0.2, 0.25) is 65.0 Å². The molecule has 33 heteroatoms. The van der Waals surface area contributed by atoms with Crippen molar-refractivity contribution in [2.75, 3.05) is 26.2 Å². The number of aliphatic hydroxyl groups excluding tert-OH is 1. The van der Waals surface area contributed by atoms with E-state index in [9.17, 15) is 67.7 Å². The van der Waals surface area contributed by atoms with Gasteiger partial charge in [-0.1, -0.05) is 139 Å². The first-order valence-electron chi connectivity index (χ1n) is 37.1. The summed E-state index contributed by atoms with van der Waals surface area (Å²) in [6.45, 7) is 21.1. The Labute approximate surface area is 618 Å². The molecule has 0 aliphatic carbocycles. The van der Waals surface area contributed by atoms with Crippen LogP contribution in [0.3, 0.4) is 0 Å². The number of carbonyl (C=O) groups excluding carboxylic acids is 11. The maximum atomic E-state index is 14.9. The average molecular weight is 1480 g/mol. The molecule has 592 valence electrons. The van der Waals surface area contributed by atoms with Crippen molar-refractivity contribution in [3.8, 4) is 0 Å². The Hall–Kier alpha value is -8.82. The molecule has 24 N–H and O–H groups in total. The number of aliphatic hydroxyl groups is 1. The third kappa shape index (κ3) is 33.5. The number of rotatable bonds is 52. The molecule has 105 heavy (non-hydrogen) atoms. The number of hydrogen-bond acceptors (Lipinski definition) is 18. The predicted octanol–water partition coefficient (Wildman–Crippen LogP) is -0.480. The van der Waals surface area contributed by atoms with E-state index in [1.165, 1.54) is 12.5 Å². The van der Waals surface area contributed by atoms with Crippen LogP contribution in [0.2, 0.25) is 0 Å². The van der Waals surface area contributed by atoms with Gasteiger partial charge in [-0.3, -0.25) is 57.7 Å². The SMILES string of the molecule is CC[C@H](C)[C@H](NC(=O)[C@H](CC(C)C)NC(=O)[C@@H](NC(=O)[C@H](CCCN=C(N)N)NC(=O)[C@H](Cc1ccccc1)NC(=O)[C@@H](NC(=O)[C@@H](NC(=O)[C@@H](N)CC(C)C)[C@@H](C)CC)[C@@H](C)CC)[C@@H](C)CC)C(=O)N[C@@H](CO)C(=O)N[C@@H](Cc1cnc[nH]1)C(=O)N[C@@H](CCCCN)C(=O)N[C@@H](CCCCN)C(=O)O. The third-order valence-electron chi connectivity index (χ3n) is 18.6. The van der Waals surface area contributed by atoms with Crippen molar-refractivity contribution in [3.05, 3.63) is 54.1 Å². The molecule has 0 saturated carbocycles.